The SMILES string of the molecule is FC(F)C1=NN=C(c2ccc(CN(SCCN3Cc4cccc5cccc(c45)C3)c3ccccc3)cc2)C1. The Bertz CT molecular complexity index is 1440. The van der Waals surface area contributed by atoms with Crippen molar-refractivity contribution in [2.45, 2.75) is 32.5 Å². The minimum Gasteiger partial charge on any atom is -0.312 e. The summed E-state index contributed by atoms with van der Waals surface area (Å²) in [6.45, 7) is 3.68. The van der Waals surface area contributed by atoms with Crippen LogP contribution in [0.5, 0.6) is 0 Å². The monoisotopic (exact) mass is 526 g/mol. The summed E-state index contributed by atoms with van der Waals surface area (Å²) in [5.41, 5.74) is 6.40. The molecule has 2 aliphatic rings. The molecule has 0 amide bonds. The lowest BCUT2D eigenvalue weighted by Gasteiger charge is -2.30. The summed E-state index contributed by atoms with van der Waals surface area (Å²) in [5.74, 6) is 0.968. The van der Waals surface area contributed by atoms with Gasteiger partial charge in [-0.05, 0) is 57.1 Å². The van der Waals surface area contributed by atoms with Crippen LogP contribution in [0.25, 0.3) is 10.8 Å². The van der Waals surface area contributed by atoms with Crippen LogP contribution in [0.4, 0.5) is 14.5 Å². The first-order valence-electron chi connectivity index (χ1n) is 12.8. The minimum atomic E-state index is -2.56. The van der Waals surface area contributed by atoms with Gasteiger partial charge in [0.2, 0.25) is 0 Å². The van der Waals surface area contributed by atoms with Crippen molar-refractivity contribution in [1.82, 2.24) is 4.90 Å². The Labute approximate surface area is 225 Å². The molecule has 38 heavy (non-hydrogen) atoms. The first-order valence-corrected chi connectivity index (χ1v) is 13.8. The third-order valence-electron chi connectivity index (χ3n) is 7.08. The lowest BCUT2D eigenvalue weighted by molar-refractivity contribution is 0.224. The van der Waals surface area contributed by atoms with E-state index in [1.54, 1.807) is 0 Å². The van der Waals surface area contributed by atoms with Gasteiger partial charge >= 0.3 is 0 Å². The van der Waals surface area contributed by atoms with Gasteiger partial charge in [-0.3, -0.25) is 4.90 Å². The fraction of sp³-hybridized carbons (Fsp3) is 0.226. The van der Waals surface area contributed by atoms with Gasteiger partial charge in [0.1, 0.15) is 5.71 Å². The fourth-order valence-corrected chi connectivity index (χ4v) is 6.23. The Morgan fingerprint density at radius 3 is 2.18 bits per heavy atom. The van der Waals surface area contributed by atoms with Crippen molar-refractivity contribution in [3.63, 3.8) is 0 Å². The number of alkyl halides is 2. The second kappa shape index (κ2) is 11.1. The maximum absolute atomic E-state index is 12.9. The molecule has 0 saturated heterocycles. The number of hydrogen-bond acceptors (Lipinski definition) is 5. The van der Waals surface area contributed by atoms with E-state index in [9.17, 15) is 8.78 Å². The molecule has 192 valence electrons. The number of benzene rings is 4. The van der Waals surface area contributed by atoms with Crippen LogP contribution in [0.3, 0.4) is 0 Å². The predicted octanol–water partition coefficient (Wildman–Crippen LogP) is 7.32. The average Bonchev–Trinajstić information content (AvgIpc) is 3.45. The summed E-state index contributed by atoms with van der Waals surface area (Å²) >= 11 is 1.84. The topological polar surface area (TPSA) is 31.2 Å². The number of rotatable bonds is 9. The van der Waals surface area contributed by atoms with Gasteiger partial charge in [0.25, 0.3) is 6.43 Å². The van der Waals surface area contributed by atoms with E-state index in [0.717, 1.165) is 48.7 Å². The largest absolute Gasteiger partial charge is 0.312 e. The summed E-state index contributed by atoms with van der Waals surface area (Å²) in [6, 6.07) is 31.7. The van der Waals surface area contributed by atoms with Crippen molar-refractivity contribution < 1.29 is 8.78 Å². The van der Waals surface area contributed by atoms with E-state index >= 15 is 0 Å². The van der Waals surface area contributed by atoms with E-state index in [2.05, 4.69) is 92.2 Å². The zero-order chi connectivity index (χ0) is 25.9. The van der Waals surface area contributed by atoms with Crippen LogP contribution in [0.15, 0.2) is 101 Å². The van der Waals surface area contributed by atoms with Crippen molar-refractivity contribution in [3.05, 3.63) is 113 Å². The molecule has 0 bridgehead atoms. The normalized spacial score (nSPS) is 15.1. The van der Waals surface area contributed by atoms with Crippen molar-refractivity contribution >= 4 is 39.8 Å². The molecule has 0 atom stereocenters. The van der Waals surface area contributed by atoms with E-state index < -0.39 is 6.43 Å². The molecule has 4 aromatic rings. The molecule has 0 N–H and O–H groups in total. The van der Waals surface area contributed by atoms with Gasteiger partial charge in [-0.15, -0.1) is 0 Å². The van der Waals surface area contributed by atoms with Crippen molar-refractivity contribution in [2.24, 2.45) is 10.2 Å². The highest BCUT2D eigenvalue weighted by Gasteiger charge is 2.22. The van der Waals surface area contributed by atoms with Gasteiger partial charge in [0.05, 0.1) is 12.3 Å². The molecular formula is C31H28F2N4S. The number of nitrogens with zero attached hydrogens (tertiary/aromatic N) is 4. The number of halogens is 2. The average molecular weight is 527 g/mol. The van der Waals surface area contributed by atoms with Crippen LogP contribution < -0.4 is 4.31 Å². The third kappa shape index (κ3) is 5.35. The van der Waals surface area contributed by atoms with Gasteiger partial charge in [-0.25, -0.2) is 8.78 Å². The maximum Gasteiger partial charge on any atom is 0.278 e. The molecule has 0 fully saturated rings. The van der Waals surface area contributed by atoms with Crippen LogP contribution in [0.2, 0.25) is 0 Å². The zero-order valence-electron chi connectivity index (χ0n) is 20.9. The highest BCUT2D eigenvalue weighted by Crippen LogP contribution is 2.31. The third-order valence-corrected chi connectivity index (χ3v) is 8.09. The van der Waals surface area contributed by atoms with Crippen LogP contribution in [-0.4, -0.2) is 35.0 Å². The first-order chi connectivity index (χ1) is 18.6. The molecular weight excluding hydrogens is 498 g/mol. The summed E-state index contributed by atoms with van der Waals surface area (Å²) in [5, 5.41) is 10.4. The molecule has 0 spiro atoms. The molecule has 2 heterocycles. The second-order valence-electron chi connectivity index (χ2n) is 9.66. The number of hydrogen-bond donors (Lipinski definition) is 0. The van der Waals surface area contributed by atoms with Crippen LogP contribution in [-0.2, 0) is 19.6 Å². The molecule has 0 saturated carbocycles. The highest BCUT2D eigenvalue weighted by atomic mass is 32.2. The molecule has 2 aliphatic heterocycles. The molecule has 4 nitrogen and oxygen atoms in total. The Morgan fingerprint density at radius 1 is 0.816 bits per heavy atom. The van der Waals surface area contributed by atoms with E-state index in [1.807, 2.05) is 30.1 Å². The van der Waals surface area contributed by atoms with Crippen LogP contribution >= 0.6 is 11.9 Å². The summed E-state index contributed by atoms with van der Waals surface area (Å²) in [6.07, 6.45) is -2.45. The van der Waals surface area contributed by atoms with Crippen molar-refractivity contribution in [3.8, 4) is 0 Å². The summed E-state index contributed by atoms with van der Waals surface area (Å²) in [7, 11) is 0. The maximum atomic E-state index is 12.9. The Balaban J connectivity index is 1.10. The predicted molar refractivity (Wildman–Crippen MR) is 154 cm³/mol. The van der Waals surface area contributed by atoms with Crippen molar-refractivity contribution in [1.29, 1.82) is 0 Å². The smallest absolute Gasteiger partial charge is 0.278 e. The molecule has 7 heteroatoms. The quantitative estimate of drug-likeness (QED) is 0.214. The molecule has 0 aliphatic carbocycles. The fourth-order valence-electron chi connectivity index (χ4n) is 5.16. The van der Waals surface area contributed by atoms with E-state index in [1.165, 1.54) is 21.9 Å². The summed E-state index contributed by atoms with van der Waals surface area (Å²) < 4.78 is 28.2. The van der Waals surface area contributed by atoms with E-state index in [0.29, 0.717) is 5.71 Å². The van der Waals surface area contributed by atoms with Gasteiger partial charge in [0.15, 0.2) is 0 Å². The number of anilines is 1. The standard InChI is InChI=1S/C31H28F2N4S/c32-31(33)29-18-28(34-35-29)23-14-12-22(13-15-23)19-37(27-10-2-1-3-11-27)38-17-16-36-20-25-8-4-6-24-7-5-9-26(21-36)30(24)25/h1-15,31H,16-21H2. The Kier molecular flexibility index (Phi) is 7.20. The van der Waals surface area contributed by atoms with Crippen LogP contribution in [0.1, 0.15) is 28.7 Å². The zero-order valence-corrected chi connectivity index (χ0v) is 21.7. The summed E-state index contributed by atoms with van der Waals surface area (Å²) in [4.78, 5) is 2.53. The lowest BCUT2D eigenvalue weighted by Crippen LogP contribution is -2.29. The van der Waals surface area contributed by atoms with Gasteiger partial charge in [-0.1, -0.05) is 78.9 Å². The molecule has 4 aromatic carbocycles. The number of para-hydroxylation sites is 1. The molecule has 0 aromatic heterocycles. The van der Waals surface area contributed by atoms with E-state index in [-0.39, 0.29) is 12.1 Å². The highest BCUT2D eigenvalue weighted by molar-refractivity contribution is 8.00. The Morgan fingerprint density at radius 2 is 1.53 bits per heavy atom. The first kappa shape index (κ1) is 24.8. The minimum absolute atomic E-state index is 0.110. The molecule has 0 unspecified atom stereocenters. The van der Waals surface area contributed by atoms with Gasteiger partial charge < -0.3 is 4.31 Å². The van der Waals surface area contributed by atoms with Crippen molar-refractivity contribution in [2.75, 3.05) is 16.6 Å². The molecule has 6 rings (SSSR count). The molecule has 0 radical (unpaired) electrons. The van der Waals surface area contributed by atoms with Gasteiger partial charge in [-0.2, -0.15) is 10.2 Å². The Hall–Kier alpha value is -3.55. The second-order valence-corrected chi connectivity index (χ2v) is 10.8. The lowest BCUT2D eigenvalue weighted by atomic mass is 9.95. The van der Waals surface area contributed by atoms with E-state index in [4.69, 9.17) is 0 Å². The van der Waals surface area contributed by atoms with Gasteiger partial charge in [0, 0.05) is 37.5 Å². The van der Waals surface area contributed by atoms with Crippen LogP contribution in [0, 0.1) is 0 Å².